The monoisotopic (exact) mass is 419 g/mol. The van der Waals surface area contributed by atoms with Gasteiger partial charge >= 0.3 is 0 Å². The van der Waals surface area contributed by atoms with Gasteiger partial charge in [-0.2, -0.15) is 0 Å². The highest BCUT2D eigenvalue weighted by Crippen LogP contribution is 2.60. The molecule has 0 unspecified atom stereocenters. The second kappa shape index (κ2) is 4.78. The fourth-order valence-electron chi connectivity index (χ4n) is 2.61. The third-order valence-electron chi connectivity index (χ3n) is 4.11. The SMILES string of the molecule is O=C(NCC1(C2CC2)CC1)c1cc(I)ccc1Br. The first-order chi connectivity index (χ1) is 8.61. The van der Waals surface area contributed by atoms with E-state index >= 15 is 0 Å². The summed E-state index contributed by atoms with van der Waals surface area (Å²) in [7, 11) is 0. The van der Waals surface area contributed by atoms with Crippen LogP contribution in [0.4, 0.5) is 0 Å². The van der Waals surface area contributed by atoms with Crippen molar-refractivity contribution in [2.24, 2.45) is 11.3 Å². The van der Waals surface area contributed by atoms with Crippen LogP contribution < -0.4 is 5.32 Å². The van der Waals surface area contributed by atoms with Gasteiger partial charge in [-0.15, -0.1) is 0 Å². The molecule has 0 spiro atoms. The summed E-state index contributed by atoms with van der Waals surface area (Å²) in [5.41, 5.74) is 1.21. The van der Waals surface area contributed by atoms with Gasteiger partial charge in [-0.25, -0.2) is 0 Å². The fraction of sp³-hybridized carbons (Fsp3) is 0.500. The van der Waals surface area contributed by atoms with Crippen LogP contribution in [-0.2, 0) is 0 Å². The molecule has 0 aromatic heterocycles. The number of amides is 1. The van der Waals surface area contributed by atoms with Crippen LogP contribution in [0.3, 0.4) is 0 Å². The maximum Gasteiger partial charge on any atom is 0.252 e. The van der Waals surface area contributed by atoms with E-state index in [-0.39, 0.29) is 5.91 Å². The number of hydrogen-bond acceptors (Lipinski definition) is 1. The van der Waals surface area contributed by atoms with E-state index in [0.29, 0.717) is 5.41 Å². The minimum atomic E-state index is 0.0484. The molecule has 1 amide bonds. The van der Waals surface area contributed by atoms with Crippen LogP contribution in [-0.4, -0.2) is 12.5 Å². The van der Waals surface area contributed by atoms with E-state index in [1.807, 2.05) is 18.2 Å². The zero-order chi connectivity index (χ0) is 12.8. The van der Waals surface area contributed by atoms with Crippen molar-refractivity contribution in [1.29, 1.82) is 0 Å². The van der Waals surface area contributed by atoms with E-state index in [4.69, 9.17) is 0 Å². The number of rotatable bonds is 4. The van der Waals surface area contributed by atoms with Gasteiger partial charge in [0, 0.05) is 14.6 Å². The van der Waals surface area contributed by atoms with E-state index in [0.717, 1.165) is 26.1 Å². The molecular weight excluding hydrogens is 405 g/mol. The van der Waals surface area contributed by atoms with Gasteiger partial charge < -0.3 is 5.32 Å². The van der Waals surface area contributed by atoms with Crippen LogP contribution in [0.1, 0.15) is 36.0 Å². The lowest BCUT2D eigenvalue weighted by molar-refractivity contribution is 0.0942. The zero-order valence-corrected chi connectivity index (χ0v) is 13.8. The Morgan fingerprint density at radius 2 is 2.17 bits per heavy atom. The van der Waals surface area contributed by atoms with Crippen molar-refractivity contribution in [1.82, 2.24) is 5.32 Å². The summed E-state index contributed by atoms with van der Waals surface area (Å²) < 4.78 is 1.96. The summed E-state index contributed by atoms with van der Waals surface area (Å²) in [5, 5.41) is 3.12. The Hall–Kier alpha value is -0.100. The molecule has 1 aromatic rings. The molecule has 0 bridgehead atoms. The number of benzene rings is 1. The maximum absolute atomic E-state index is 12.2. The molecule has 0 atom stereocenters. The Labute approximate surface area is 129 Å². The molecule has 1 aromatic carbocycles. The van der Waals surface area contributed by atoms with Gasteiger partial charge in [-0.1, -0.05) is 0 Å². The predicted octanol–water partition coefficient (Wildman–Crippen LogP) is 3.97. The Bertz CT molecular complexity index is 495. The Morgan fingerprint density at radius 1 is 1.44 bits per heavy atom. The van der Waals surface area contributed by atoms with Crippen LogP contribution >= 0.6 is 38.5 Å². The van der Waals surface area contributed by atoms with Crippen molar-refractivity contribution < 1.29 is 4.79 Å². The van der Waals surface area contributed by atoms with Gasteiger partial charge in [0.2, 0.25) is 0 Å². The highest BCUT2D eigenvalue weighted by Gasteiger charge is 2.53. The number of hydrogen-bond donors (Lipinski definition) is 1. The van der Waals surface area contributed by atoms with Crippen LogP contribution in [0.5, 0.6) is 0 Å². The van der Waals surface area contributed by atoms with E-state index < -0.39 is 0 Å². The first-order valence-electron chi connectivity index (χ1n) is 6.34. The molecule has 4 heteroatoms. The normalized spacial score (nSPS) is 20.6. The molecule has 2 nitrogen and oxygen atoms in total. The summed E-state index contributed by atoms with van der Waals surface area (Å²) >= 11 is 5.68. The molecule has 2 aliphatic rings. The van der Waals surface area contributed by atoms with Crippen LogP contribution in [0.2, 0.25) is 0 Å². The average Bonchev–Trinajstić information content (AvgIpc) is 3.21. The van der Waals surface area contributed by atoms with Gasteiger partial charge in [0.05, 0.1) is 5.56 Å². The highest BCUT2D eigenvalue weighted by molar-refractivity contribution is 14.1. The number of halogens is 2. The maximum atomic E-state index is 12.2. The van der Waals surface area contributed by atoms with E-state index in [1.165, 1.54) is 25.7 Å². The smallest absolute Gasteiger partial charge is 0.252 e. The lowest BCUT2D eigenvalue weighted by Gasteiger charge is -2.15. The highest BCUT2D eigenvalue weighted by atomic mass is 127. The van der Waals surface area contributed by atoms with E-state index in [1.54, 1.807) is 0 Å². The minimum Gasteiger partial charge on any atom is -0.351 e. The molecule has 2 fully saturated rings. The Kier molecular flexibility index (Phi) is 3.43. The zero-order valence-electron chi connectivity index (χ0n) is 10.0. The van der Waals surface area contributed by atoms with Crippen molar-refractivity contribution in [3.63, 3.8) is 0 Å². The summed E-state index contributed by atoms with van der Waals surface area (Å²) in [6.07, 6.45) is 5.32. The first kappa shape index (κ1) is 12.9. The third-order valence-corrected chi connectivity index (χ3v) is 5.47. The molecule has 2 saturated carbocycles. The molecule has 1 N–H and O–H groups in total. The van der Waals surface area contributed by atoms with Crippen LogP contribution in [0.25, 0.3) is 0 Å². The molecule has 18 heavy (non-hydrogen) atoms. The van der Waals surface area contributed by atoms with Crippen molar-refractivity contribution in [2.45, 2.75) is 25.7 Å². The third kappa shape index (κ3) is 2.59. The van der Waals surface area contributed by atoms with Gasteiger partial charge in [-0.3, -0.25) is 4.79 Å². The Morgan fingerprint density at radius 3 is 2.78 bits per heavy atom. The molecule has 96 valence electrons. The largest absolute Gasteiger partial charge is 0.351 e. The second-order valence-corrected chi connectivity index (χ2v) is 7.54. The molecule has 3 rings (SSSR count). The van der Waals surface area contributed by atoms with Crippen LogP contribution in [0, 0.1) is 14.9 Å². The molecule has 0 radical (unpaired) electrons. The predicted molar refractivity (Wildman–Crippen MR) is 83.6 cm³/mol. The minimum absolute atomic E-state index is 0.0484. The van der Waals surface area contributed by atoms with Gasteiger partial charge in [0.1, 0.15) is 0 Å². The lowest BCUT2D eigenvalue weighted by Crippen LogP contribution is -2.31. The number of carbonyl (C=O) groups excluding carboxylic acids is 1. The summed E-state index contributed by atoms with van der Waals surface area (Å²) in [4.78, 5) is 12.2. The van der Waals surface area contributed by atoms with E-state index in [9.17, 15) is 4.79 Å². The summed E-state index contributed by atoms with van der Waals surface area (Å²) in [6, 6.07) is 5.86. The second-order valence-electron chi connectivity index (χ2n) is 5.44. The topological polar surface area (TPSA) is 29.1 Å². The van der Waals surface area contributed by atoms with Crippen molar-refractivity contribution in [3.05, 3.63) is 31.8 Å². The molecule has 0 heterocycles. The first-order valence-corrected chi connectivity index (χ1v) is 8.21. The van der Waals surface area contributed by atoms with Crippen LogP contribution in [0.15, 0.2) is 22.7 Å². The quantitative estimate of drug-likeness (QED) is 0.735. The molecule has 0 aliphatic heterocycles. The average molecular weight is 420 g/mol. The summed E-state index contributed by atoms with van der Waals surface area (Å²) in [6.45, 7) is 0.856. The van der Waals surface area contributed by atoms with Gasteiger partial charge in [0.25, 0.3) is 5.91 Å². The van der Waals surface area contributed by atoms with Gasteiger partial charge in [-0.05, 0) is 93.7 Å². The van der Waals surface area contributed by atoms with Crippen molar-refractivity contribution >= 4 is 44.4 Å². The molecule has 2 aliphatic carbocycles. The molecular formula is C14H15BrINO. The standard InChI is InChI=1S/C14H15BrINO/c15-12-4-3-10(16)7-11(12)13(18)17-8-14(5-6-14)9-1-2-9/h3-4,7,9H,1-2,5-6,8H2,(H,17,18). The van der Waals surface area contributed by atoms with Crippen molar-refractivity contribution in [3.8, 4) is 0 Å². The van der Waals surface area contributed by atoms with E-state index in [2.05, 4.69) is 43.8 Å². The Balaban J connectivity index is 1.65. The number of carbonyl (C=O) groups is 1. The lowest BCUT2D eigenvalue weighted by atomic mass is 10.0. The molecule has 0 saturated heterocycles. The number of nitrogens with one attached hydrogen (secondary N) is 1. The fourth-order valence-corrected chi connectivity index (χ4v) is 3.53. The summed E-state index contributed by atoms with van der Waals surface area (Å²) in [5.74, 6) is 0.935. The van der Waals surface area contributed by atoms with Gasteiger partial charge in [0.15, 0.2) is 0 Å². The van der Waals surface area contributed by atoms with Crippen molar-refractivity contribution in [2.75, 3.05) is 6.54 Å².